The maximum atomic E-state index is 13.1. The van der Waals surface area contributed by atoms with Crippen LogP contribution in [0.1, 0.15) is 35.1 Å². The van der Waals surface area contributed by atoms with E-state index in [1.807, 2.05) is 25.3 Å². The lowest BCUT2D eigenvalue weighted by molar-refractivity contribution is 0.403. The van der Waals surface area contributed by atoms with Crippen molar-refractivity contribution in [1.29, 1.82) is 0 Å². The summed E-state index contributed by atoms with van der Waals surface area (Å²) in [6.45, 7) is 3.96. The van der Waals surface area contributed by atoms with E-state index in [-0.39, 0.29) is 5.82 Å². The monoisotopic (exact) mass is 270 g/mol. The molecule has 1 aliphatic rings. The number of halogens is 1. The first-order valence-electron chi connectivity index (χ1n) is 7.13. The molecule has 0 bridgehead atoms. The zero-order valence-corrected chi connectivity index (χ0v) is 11.6. The van der Waals surface area contributed by atoms with Crippen LogP contribution in [-0.2, 0) is 0 Å². The lowest BCUT2D eigenvalue weighted by Crippen LogP contribution is -2.34. The summed E-state index contributed by atoms with van der Waals surface area (Å²) in [5, 5.41) is 3.44. The predicted octanol–water partition coefficient (Wildman–Crippen LogP) is 3.39. The van der Waals surface area contributed by atoms with Gasteiger partial charge in [0.2, 0.25) is 0 Å². The van der Waals surface area contributed by atoms with Crippen molar-refractivity contribution < 1.29 is 4.39 Å². The molecule has 1 saturated heterocycles. The highest BCUT2D eigenvalue weighted by molar-refractivity contribution is 5.29. The summed E-state index contributed by atoms with van der Waals surface area (Å²) < 4.78 is 13.1. The fourth-order valence-electron chi connectivity index (χ4n) is 3.02. The van der Waals surface area contributed by atoms with Gasteiger partial charge in [0.25, 0.3) is 0 Å². The summed E-state index contributed by atoms with van der Waals surface area (Å²) >= 11 is 0. The number of rotatable bonds is 2. The summed E-state index contributed by atoms with van der Waals surface area (Å²) in [6.07, 6.45) is 3.08. The van der Waals surface area contributed by atoms with E-state index < -0.39 is 0 Å². The lowest BCUT2D eigenvalue weighted by Gasteiger charge is -2.33. The van der Waals surface area contributed by atoms with E-state index in [1.165, 1.54) is 11.1 Å². The Kier molecular flexibility index (Phi) is 3.79. The van der Waals surface area contributed by atoms with Crippen molar-refractivity contribution in [2.75, 3.05) is 13.1 Å². The first-order valence-corrected chi connectivity index (χ1v) is 7.13. The number of pyridine rings is 1. The fourth-order valence-corrected chi connectivity index (χ4v) is 3.02. The first-order chi connectivity index (χ1) is 9.74. The van der Waals surface area contributed by atoms with Gasteiger partial charge in [-0.25, -0.2) is 4.39 Å². The van der Waals surface area contributed by atoms with Crippen molar-refractivity contribution in [2.24, 2.45) is 0 Å². The summed E-state index contributed by atoms with van der Waals surface area (Å²) in [7, 11) is 0. The molecule has 2 atom stereocenters. The van der Waals surface area contributed by atoms with E-state index in [0.717, 1.165) is 25.2 Å². The van der Waals surface area contributed by atoms with Crippen molar-refractivity contribution >= 4 is 0 Å². The minimum Gasteiger partial charge on any atom is -0.316 e. The minimum absolute atomic E-state index is 0.175. The van der Waals surface area contributed by atoms with Gasteiger partial charge in [-0.05, 0) is 55.1 Å². The first kappa shape index (κ1) is 13.3. The van der Waals surface area contributed by atoms with Crippen LogP contribution < -0.4 is 5.32 Å². The Morgan fingerprint density at radius 3 is 2.50 bits per heavy atom. The second-order valence-corrected chi connectivity index (χ2v) is 5.49. The Bertz CT molecular complexity index is 509. The standard InChI is InChI=1S/C17H19FN2/c1-12-2-3-14(10-20-12)16-8-9-19-11-17(16)13-4-6-15(18)7-5-13/h2-7,10,16-17,19H,8-9,11H2,1H3. The van der Waals surface area contributed by atoms with Crippen molar-refractivity contribution in [3.05, 3.63) is 65.2 Å². The summed E-state index contributed by atoms with van der Waals surface area (Å²) in [6, 6.07) is 11.2. The van der Waals surface area contributed by atoms with E-state index >= 15 is 0 Å². The molecular formula is C17H19FN2. The molecule has 3 heteroatoms. The van der Waals surface area contributed by atoms with Gasteiger partial charge in [-0.15, -0.1) is 0 Å². The van der Waals surface area contributed by atoms with Crippen LogP contribution in [0, 0.1) is 12.7 Å². The molecule has 1 fully saturated rings. The van der Waals surface area contributed by atoms with Crippen LogP contribution in [0.2, 0.25) is 0 Å². The highest BCUT2D eigenvalue weighted by Gasteiger charge is 2.27. The number of hydrogen-bond acceptors (Lipinski definition) is 2. The smallest absolute Gasteiger partial charge is 0.123 e. The van der Waals surface area contributed by atoms with E-state index in [1.54, 1.807) is 12.1 Å². The predicted molar refractivity (Wildman–Crippen MR) is 78.3 cm³/mol. The summed E-state index contributed by atoms with van der Waals surface area (Å²) in [5.41, 5.74) is 3.52. The minimum atomic E-state index is -0.175. The van der Waals surface area contributed by atoms with Gasteiger partial charge < -0.3 is 5.32 Å². The molecule has 0 aliphatic carbocycles. The van der Waals surface area contributed by atoms with E-state index in [9.17, 15) is 4.39 Å². The average Bonchev–Trinajstić information content (AvgIpc) is 2.49. The van der Waals surface area contributed by atoms with E-state index in [4.69, 9.17) is 0 Å². The SMILES string of the molecule is Cc1ccc(C2CCNCC2c2ccc(F)cc2)cn1. The molecule has 3 rings (SSSR count). The molecule has 104 valence electrons. The largest absolute Gasteiger partial charge is 0.316 e. The second kappa shape index (κ2) is 5.71. The molecule has 20 heavy (non-hydrogen) atoms. The molecule has 0 spiro atoms. The number of hydrogen-bond donors (Lipinski definition) is 1. The van der Waals surface area contributed by atoms with Crippen LogP contribution in [0.15, 0.2) is 42.6 Å². The third kappa shape index (κ3) is 2.73. The number of aromatic nitrogens is 1. The number of nitrogens with one attached hydrogen (secondary N) is 1. The molecule has 0 saturated carbocycles. The van der Waals surface area contributed by atoms with Crippen molar-refractivity contribution in [3.63, 3.8) is 0 Å². The van der Waals surface area contributed by atoms with Gasteiger partial charge in [0.05, 0.1) is 0 Å². The Hall–Kier alpha value is -1.74. The van der Waals surface area contributed by atoms with E-state index in [0.29, 0.717) is 11.8 Å². The zero-order valence-electron chi connectivity index (χ0n) is 11.6. The third-order valence-electron chi connectivity index (χ3n) is 4.14. The van der Waals surface area contributed by atoms with Crippen LogP contribution in [0.5, 0.6) is 0 Å². The highest BCUT2D eigenvalue weighted by Crippen LogP contribution is 2.37. The van der Waals surface area contributed by atoms with Crippen LogP contribution >= 0.6 is 0 Å². The van der Waals surface area contributed by atoms with Crippen LogP contribution in [0.3, 0.4) is 0 Å². The molecule has 0 amide bonds. The molecular weight excluding hydrogens is 251 g/mol. The Balaban J connectivity index is 1.90. The Morgan fingerprint density at radius 1 is 1.05 bits per heavy atom. The average molecular weight is 270 g/mol. The van der Waals surface area contributed by atoms with Gasteiger partial charge in [0, 0.05) is 24.4 Å². The Labute approximate surface area is 119 Å². The molecule has 2 aromatic rings. The van der Waals surface area contributed by atoms with Crippen LogP contribution in [-0.4, -0.2) is 18.1 Å². The van der Waals surface area contributed by atoms with Gasteiger partial charge in [-0.1, -0.05) is 18.2 Å². The third-order valence-corrected chi connectivity index (χ3v) is 4.14. The van der Waals surface area contributed by atoms with E-state index in [2.05, 4.69) is 22.4 Å². The highest BCUT2D eigenvalue weighted by atomic mass is 19.1. The summed E-state index contributed by atoms with van der Waals surface area (Å²) in [5.74, 6) is 0.662. The maximum absolute atomic E-state index is 13.1. The molecule has 1 N–H and O–H groups in total. The topological polar surface area (TPSA) is 24.9 Å². The maximum Gasteiger partial charge on any atom is 0.123 e. The van der Waals surface area contributed by atoms with Gasteiger partial charge in [-0.3, -0.25) is 4.98 Å². The van der Waals surface area contributed by atoms with Crippen molar-refractivity contribution in [3.8, 4) is 0 Å². The van der Waals surface area contributed by atoms with Gasteiger partial charge in [-0.2, -0.15) is 0 Å². The number of piperidine rings is 1. The Morgan fingerprint density at radius 2 is 1.80 bits per heavy atom. The molecule has 1 aromatic carbocycles. The normalized spacial score (nSPS) is 22.7. The fraction of sp³-hybridized carbons (Fsp3) is 0.353. The lowest BCUT2D eigenvalue weighted by atomic mass is 9.78. The van der Waals surface area contributed by atoms with Gasteiger partial charge in [0.1, 0.15) is 5.82 Å². The molecule has 1 aromatic heterocycles. The van der Waals surface area contributed by atoms with Gasteiger partial charge in [0.15, 0.2) is 0 Å². The molecule has 2 heterocycles. The summed E-state index contributed by atoms with van der Waals surface area (Å²) in [4.78, 5) is 4.42. The second-order valence-electron chi connectivity index (χ2n) is 5.49. The molecule has 0 radical (unpaired) electrons. The number of benzene rings is 1. The number of nitrogens with zero attached hydrogens (tertiary/aromatic N) is 1. The van der Waals surface area contributed by atoms with Crippen molar-refractivity contribution in [1.82, 2.24) is 10.3 Å². The van der Waals surface area contributed by atoms with Crippen LogP contribution in [0.25, 0.3) is 0 Å². The quantitative estimate of drug-likeness (QED) is 0.904. The zero-order chi connectivity index (χ0) is 13.9. The number of aryl methyl sites for hydroxylation is 1. The van der Waals surface area contributed by atoms with Crippen LogP contribution in [0.4, 0.5) is 4.39 Å². The van der Waals surface area contributed by atoms with Gasteiger partial charge >= 0.3 is 0 Å². The molecule has 2 nitrogen and oxygen atoms in total. The molecule has 2 unspecified atom stereocenters. The molecule has 1 aliphatic heterocycles. The van der Waals surface area contributed by atoms with Crippen molar-refractivity contribution in [2.45, 2.75) is 25.2 Å².